The maximum atomic E-state index is 14.2. The van der Waals surface area contributed by atoms with E-state index in [2.05, 4.69) is 55.2 Å². The number of ether oxygens (including phenoxy) is 1. The topological polar surface area (TPSA) is 126 Å². The molecule has 43 heavy (non-hydrogen) atoms. The molecule has 2 atom stereocenters. The highest BCUT2D eigenvalue weighted by atomic mass is 35.5. The first-order chi connectivity index (χ1) is 19.5. The predicted octanol–water partition coefficient (Wildman–Crippen LogP) is 4.02. The molecule has 0 saturated carbocycles. The molecule has 4 heterocycles. The van der Waals surface area contributed by atoms with Gasteiger partial charge in [0.15, 0.2) is 5.89 Å². The number of amides is 2. The minimum atomic E-state index is -0.261. The summed E-state index contributed by atoms with van der Waals surface area (Å²) in [6.45, 7) is 16.3. The number of oxazole rings is 1. The zero-order valence-corrected chi connectivity index (χ0v) is 28.2. The first-order valence-corrected chi connectivity index (χ1v) is 14.8. The molecule has 13 heteroatoms. The van der Waals surface area contributed by atoms with Gasteiger partial charge in [0, 0.05) is 77.4 Å². The first-order valence-electron chi connectivity index (χ1n) is 14.8. The number of anilines is 1. The molecule has 0 aliphatic carbocycles. The SMILES string of the molecule is COCCCNc1nc(C(C)(C)C)ncc1C(=O)N(CC(C)C)[C@@H]1CNC[C@H](C(=O)N2CCc3nc(C)oc3C2)C1.Cl.Cl. The van der Waals surface area contributed by atoms with E-state index in [0.29, 0.717) is 81.8 Å². The second-order valence-corrected chi connectivity index (χ2v) is 12.7. The summed E-state index contributed by atoms with van der Waals surface area (Å²) in [5.74, 6) is 2.64. The van der Waals surface area contributed by atoms with Gasteiger partial charge in [-0.1, -0.05) is 34.6 Å². The average Bonchev–Trinajstić information content (AvgIpc) is 3.32. The van der Waals surface area contributed by atoms with E-state index in [4.69, 9.17) is 14.1 Å². The van der Waals surface area contributed by atoms with Crippen LogP contribution in [0.2, 0.25) is 0 Å². The number of halogens is 2. The van der Waals surface area contributed by atoms with Gasteiger partial charge >= 0.3 is 0 Å². The van der Waals surface area contributed by atoms with Crippen molar-refractivity contribution >= 4 is 42.4 Å². The Labute approximate surface area is 268 Å². The third kappa shape index (κ3) is 9.26. The van der Waals surface area contributed by atoms with E-state index in [9.17, 15) is 9.59 Å². The second-order valence-electron chi connectivity index (χ2n) is 12.7. The normalized spacial score (nSPS) is 18.4. The second kappa shape index (κ2) is 16.0. The van der Waals surface area contributed by atoms with Crippen LogP contribution in [0, 0.1) is 18.8 Å². The van der Waals surface area contributed by atoms with E-state index in [-0.39, 0.29) is 59.9 Å². The van der Waals surface area contributed by atoms with Crippen molar-refractivity contribution in [3.8, 4) is 0 Å². The molecule has 242 valence electrons. The number of piperidine rings is 1. The minimum Gasteiger partial charge on any atom is -0.444 e. The van der Waals surface area contributed by atoms with Crippen LogP contribution in [0.15, 0.2) is 10.6 Å². The number of hydrogen-bond donors (Lipinski definition) is 2. The average molecular weight is 643 g/mol. The highest BCUT2D eigenvalue weighted by Gasteiger charge is 2.37. The number of methoxy groups -OCH3 is 1. The molecule has 0 aromatic carbocycles. The summed E-state index contributed by atoms with van der Waals surface area (Å²) in [6.07, 6.45) is 3.74. The molecule has 2 amide bonds. The number of carbonyl (C=O) groups excluding carboxylic acids is 2. The number of nitrogens with zero attached hydrogens (tertiary/aromatic N) is 5. The molecule has 2 N–H and O–H groups in total. The van der Waals surface area contributed by atoms with Gasteiger partial charge in [0.25, 0.3) is 5.91 Å². The highest BCUT2D eigenvalue weighted by molar-refractivity contribution is 5.98. The minimum absolute atomic E-state index is 0. The Kier molecular flexibility index (Phi) is 13.7. The van der Waals surface area contributed by atoms with Gasteiger partial charge in [-0.05, 0) is 18.8 Å². The molecule has 1 saturated heterocycles. The quantitative estimate of drug-likeness (QED) is 0.370. The highest BCUT2D eigenvalue weighted by Crippen LogP contribution is 2.27. The fraction of sp³-hybridized carbons (Fsp3) is 0.700. The van der Waals surface area contributed by atoms with Gasteiger partial charge < -0.3 is 29.6 Å². The molecule has 0 radical (unpaired) electrons. The Bertz CT molecular complexity index is 1220. The van der Waals surface area contributed by atoms with Gasteiger partial charge in [-0.2, -0.15) is 0 Å². The Hall–Kier alpha value is -2.47. The summed E-state index contributed by atoms with van der Waals surface area (Å²) in [4.78, 5) is 45.5. The van der Waals surface area contributed by atoms with Gasteiger partial charge in [-0.25, -0.2) is 15.0 Å². The predicted molar refractivity (Wildman–Crippen MR) is 171 cm³/mol. The number of carbonyl (C=O) groups is 2. The fourth-order valence-corrected chi connectivity index (χ4v) is 5.52. The molecule has 2 aromatic heterocycles. The molecule has 0 bridgehead atoms. The van der Waals surface area contributed by atoms with E-state index in [1.807, 2.05) is 16.7 Å². The molecular weight excluding hydrogens is 593 g/mol. The molecule has 4 rings (SSSR count). The fourth-order valence-electron chi connectivity index (χ4n) is 5.52. The van der Waals surface area contributed by atoms with Gasteiger partial charge in [-0.15, -0.1) is 24.8 Å². The van der Waals surface area contributed by atoms with Crippen LogP contribution in [-0.2, 0) is 27.9 Å². The van der Waals surface area contributed by atoms with Gasteiger partial charge in [0.2, 0.25) is 5.91 Å². The molecule has 0 spiro atoms. The van der Waals surface area contributed by atoms with Gasteiger partial charge in [0.1, 0.15) is 23.0 Å². The summed E-state index contributed by atoms with van der Waals surface area (Å²) in [7, 11) is 1.68. The van der Waals surface area contributed by atoms with Crippen LogP contribution in [0.4, 0.5) is 5.82 Å². The van der Waals surface area contributed by atoms with Crippen LogP contribution >= 0.6 is 24.8 Å². The van der Waals surface area contributed by atoms with Crippen molar-refractivity contribution in [2.75, 3.05) is 51.8 Å². The van der Waals surface area contributed by atoms with Crippen LogP contribution in [-0.4, -0.2) is 89.0 Å². The maximum Gasteiger partial charge on any atom is 0.259 e. The molecule has 0 unspecified atom stereocenters. The molecule has 2 aliphatic rings. The van der Waals surface area contributed by atoms with Crippen molar-refractivity contribution in [1.29, 1.82) is 0 Å². The van der Waals surface area contributed by atoms with Crippen LogP contribution in [0.3, 0.4) is 0 Å². The summed E-state index contributed by atoms with van der Waals surface area (Å²) in [5.41, 5.74) is 1.14. The summed E-state index contributed by atoms with van der Waals surface area (Å²) >= 11 is 0. The Morgan fingerprint density at radius 1 is 1.23 bits per heavy atom. The van der Waals surface area contributed by atoms with E-state index >= 15 is 0 Å². The van der Waals surface area contributed by atoms with E-state index in [1.54, 1.807) is 13.3 Å². The van der Waals surface area contributed by atoms with Gasteiger partial charge in [-0.3, -0.25) is 9.59 Å². The third-order valence-electron chi connectivity index (χ3n) is 7.60. The zero-order valence-electron chi connectivity index (χ0n) is 26.6. The van der Waals surface area contributed by atoms with Gasteiger partial charge in [0.05, 0.1) is 18.2 Å². The van der Waals surface area contributed by atoms with Crippen LogP contribution in [0.25, 0.3) is 0 Å². The molecule has 1 fully saturated rings. The number of aromatic nitrogens is 3. The lowest BCUT2D eigenvalue weighted by Crippen LogP contribution is -2.55. The van der Waals surface area contributed by atoms with E-state index < -0.39 is 0 Å². The number of nitrogens with one attached hydrogen (secondary N) is 2. The Morgan fingerprint density at radius 2 is 1.98 bits per heavy atom. The number of fused-ring (bicyclic) bond motifs is 1. The molecule has 11 nitrogen and oxygen atoms in total. The van der Waals surface area contributed by atoms with Crippen molar-refractivity contribution in [3.63, 3.8) is 0 Å². The number of rotatable bonds is 10. The van der Waals surface area contributed by atoms with Crippen LogP contribution in [0.5, 0.6) is 0 Å². The third-order valence-corrected chi connectivity index (χ3v) is 7.60. The monoisotopic (exact) mass is 641 g/mol. The molecule has 2 aromatic rings. The molecule has 2 aliphatic heterocycles. The summed E-state index contributed by atoms with van der Waals surface area (Å²) < 4.78 is 10.9. The van der Waals surface area contributed by atoms with Crippen molar-refractivity contribution in [1.82, 2.24) is 30.1 Å². The first kappa shape index (κ1) is 36.7. The smallest absolute Gasteiger partial charge is 0.259 e. The lowest BCUT2D eigenvalue weighted by atomic mass is 9.91. The largest absolute Gasteiger partial charge is 0.444 e. The van der Waals surface area contributed by atoms with Crippen molar-refractivity contribution in [2.45, 2.75) is 78.8 Å². The lowest BCUT2D eigenvalue weighted by Gasteiger charge is -2.40. The standard InChI is InChI=1S/C30H47N7O4.2ClH/c1-19(2)17-37(28(39)23-16-33-29(30(4,5)6)35-26(23)32-10-8-12-40-7)22-13-21(14-31-15-22)27(38)36-11-9-24-25(18-36)41-20(3)34-24;;/h16,19,21-22,31H,8-15,17-18H2,1-7H3,(H,32,33,35);2*1H/t21-,22+;;/m1../s1. The summed E-state index contributed by atoms with van der Waals surface area (Å²) in [6, 6.07) is -0.135. The maximum absolute atomic E-state index is 14.2. The van der Waals surface area contributed by atoms with Crippen LogP contribution < -0.4 is 10.6 Å². The zero-order chi connectivity index (χ0) is 29.7. The lowest BCUT2D eigenvalue weighted by molar-refractivity contribution is -0.138. The molecular formula is C30H49Cl2N7O4. The number of aryl methyl sites for hydroxylation is 1. The van der Waals surface area contributed by atoms with Crippen molar-refractivity contribution in [2.24, 2.45) is 11.8 Å². The Balaban J connectivity index is 0.00000323. The summed E-state index contributed by atoms with van der Waals surface area (Å²) in [5, 5.41) is 6.81. The Morgan fingerprint density at radius 3 is 2.65 bits per heavy atom. The van der Waals surface area contributed by atoms with E-state index in [1.165, 1.54) is 0 Å². The van der Waals surface area contributed by atoms with Crippen molar-refractivity contribution in [3.05, 3.63) is 34.9 Å². The van der Waals surface area contributed by atoms with E-state index in [0.717, 1.165) is 17.9 Å². The van der Waals surface area contributed by atoms with Crippen molar-refractivity contribution < 1.29 is 18.7 Å². The number of hydrogen-bond acceptors (Lipinski definition) is 9. The van der Waals surface area contributed by atoms with Crippen LogP contribution in [0.1, 0.15) is 81.0 Å².